The van der Waals surface area contributed by atoms with Crippen molar-refractivity contribution in [2.24, 2.45) is 0 Å². The normalized spacial score (nSPS) is 12.2. The van der Waals surface area contributed by atoms with E-state index in [0.717, 1.165) is 33.2 Å². The van der Waals surface area contributed by atoms with Gasteiger partial charge in [-0.25, -0.2) is 0 Å². The van der Waals surface area contributed by atoms with Crippen LogP contribution >= 0.6 is 35.7 Å². The summed E-state index contributed by atoms with van der Waals surface area (Å²) in [5.74, 6) is 2.78. The Labute approximate surface area is 190 Å². The van der Waals surface area contributed by atoms with Crippen molar-refractivity contribution in [3.63, 3.8) is 0 Å². The molecule has 0 spiro atoms. The van der Waals surface area contributed by atoms with Gasteiger partial charge in [-0.3, -0.25) is 0 Å². The van der Waals surface area contributed by atoms with Gasteiger partial charge in [-0.05, 0) is 42.9 Å². The Morgan fingerprint density at radius 3 is 2.14 bits per heavy atom. The highest BCUT2D eigenvalue weighted by Gasteiger charge is 2.03. The fourth-order valence-electron chi connectivity index (χ4n) is 3.18. The number of thioether (sulfide) groups is 1. The zero-order valence-electron chi connectivity index (χ0n) is 17.9. The molecule has 1 aromatic heterocycles. The number of aromatic nitrogens is 2. The van der Waals surface area contributed by atoms with Gasteiger partial charge in [-0.15, -0.1) is 22.8 Å². The van der Waals surface area contributed by atoms with Crippen LogP contribution in [0.4, 0.5) is 0 Å². The van der Waals surface area contributed by atoms with Gasteiger partial charge in [0.1, 0.15) is 5.75 Å². The first-order valence-corrected chi connectivity index (χ1v) is 13.3. The standard InChI is InChI=1S/C23H36N2OS3/c1-3-19(2)20-13-15-21(16-14-20)26-17-11-9-7-5-4-6-8-10-12-18-28-23-25-24-22(27)29-23/h13-16,19H,3-12,17-18H2,1-2H3,(H,24,27). The van der Waals surface area contributed by atoms with Crippen molar-refractivity contribution in [1.29, 1.82) is 0 Å². The van der Waals surface area contributed by atoms with Crippen LogP contribution in [0.2, 0.25) is 0 Å². The zero-order chi connectivity index (χ0) is 20.7. The molecule has 0 N–H and O–H groups in total. The Kier molecular flexibility index (Phi) is 12.8. The lowest BCUT2D eigenvalue weighted by molar-refractivity contribution is 0.304. The molecule has 1 unspecified atom stereocenters. The van der Waals surface area contributed by atoms with Crippen LogP contribution in [0.1, 0.15) is 89.5 Å². The lowest BCUT2D eigenvalue weighted by Crippen LogP contribution is -1.98. The average molecular weight is 453 g/mol. The van der Waals surface area contributed by atoms with Crippen LogP contribution in [0.15, 0.2) is 32.9 Å². The highest BCUT2D eigenvalue weighted by Crippen LogP contribution is 2.25. The molecule has 6 heteroatoms. The van der Waals surface area contributed by atoms with Crippen molar-refractivity contribution in [2.45, 2.75) is 92.7 Å². The maximum absolute atomic E-state index is 5.88. The molecule has 162 valence electrons. The van der Waals surface area contributed by atoms with E-state index in [1.807, 2.05) is 0 Å². The number of ether oxygens (including phenoxy) is 1. The Morgan fingerprint density at radius 1 is 0.931 bits per heavy atom. The molecule has 1 atom stereocenters. The van der Waals surface area contributed by atoms with E-state index in [4.69, 9.17) is 4.74 Å². The summed E-state index contributed by atoms with van der Waals surface area (Å²) < 4.78 is 7.68. The second kappa shape index (κ2) is 15.1. The van der Waals surface area contributed by atoms with E-state index in [0.29, 0.717) is 5.92 Å². The van der Waals surface area contributed by atoms with E-state index in [1.165, 1.54) is 63.4 Å². The predicted octanol–water partition coefficient (Wildman–Crippen LogP) is 8.02. The highest BCUT2D eigenvalue weighted by atomic mass is 32.2. The van der Waals surface area contributed by atoms with Crippen molar-refractivity contribution in [3.8, 4) is 5.75 Å². The van der Waals surface area contributed by atoms with Gasteiger partial charge >= 0.3 is 0 Å². The molecule has 0 fully saturated rings. The Bertz CT molecular complexity index is 660. The third-order valence-corrected chi connectivity index (χ3v) is 7.55. The van der Waals surface area contributed by atoms with E-state index < -0.39 is 0 Å². The van der Waals surface area contributed by atoms with Crippen LogP contribution in [-0.2, 0) is 0 Å². The molecule has 0 aliphatic heterocycles. The zero-order valence-corrected chi connectivity index (χ0v) is 20.5. The number of rotatable bonds is 16. The summed E-state index contributed by atoms with van der Waals surface area (Å²) in [7, 11) is 0. The molecule has 0 saturated carbocycles. The van der Waals surface area contributed by atoms with Crippen LogP contribution in [0.25, 0.3) is 0 Å². The summed E-state index contributed by atoms with van der Waals surface area (Å²) >= 11 is 7.57. The SMILES string of the molecule is CCC(C)c1ccc(OCCCCCCCCCCCSc2nnc(S)s2)cc1. The number of benzene rings is 1. The van der Waals surface area contributed by atoms with Crippen LogP contribution in [-0.4, -0.2) is 22.6 Å². The number of unbranched alkanes of at least 4 members (excludes halogenated alkanes) is 8. The van der Waals surface area contributed by atoms with E-state index in [2.05, 4.69) is 60.9 Å². The molecular formula is C23H36N2OS3. The minimum Gasteiger partial charge on any atom is -0.494 e. The Balaban J connectivity index is 1.35. The number of hydrogen-bond donors (Lipinski definition) is 1. The van der Waals surface area contributed by atoms with Crippen molar-refractivity contribution < 1.29 is 4.74 Å². The van der Waals surface area contributed by atoms with Crippen molar-refractivity contribution in [3.05, 3.63) is 29.8 Å². The summed E-state index contributed by atoms with van der Waals surface area (Å²) in [5.41, 5.74) is 1.41. The minimum atomic E-state index is 0.630. The van der Waals surface area contributed by atoms with Gasteiger partial charge < -0.3 is 4.74 Å². The van der Waals surface area contributed by atoms with Crippen LogP contribution in [0, 0.1) is 0 Å². The van der Waals surface area contributed by atoms with Crippen molar-refractivity contribution in [2.75, 3.05) is 12.4 Å². The lowest BCUT2D eigenvalue weighted by Gasteiger charge is -2.10. The second-order valence-electron chi connectivity index (χ2n) is 7.61. The largest absolute Gasteiger partial charge is 0.494 e. The van der Waals surface area contributed by atoms with Crippen LogP contribution in [0.3, 0.4) is 0 Å². The first-order valence-electron chi connectivity index (χ1n) is 11.1. The third kappa shape index (κ3) is 10.7. The molecule has 0 aliphatic rings. The van der Waals surface area contributed by atoms with E-state index in [9.17, 15) is 0 Å². The maximum Gasteiger partial charge on any atom is 0.175 e. The molecule has 0 bridgehead atoms. The lowest BCUT2D eigenvalue weighted by atomic mass is 9.99. The smallest absolute Gasteiger partial charge is 0.175 e. The van der Waals surface area contributed by atoms with Gasteiger partial charge in [0.05, 0.1) is 6.61 Å². The maximum atomic E-state index is 5.88. The molecule has 0 saturated heterocycles. The fourth-order valence-corrected chi connectivity index (χ4v) is 5.33. The molecule has 29 heavy (non-hydrogen) atoms. The number of nitrogens with zero attached hydrogens (tertiary/aromatic N) is 2. The summed E-state index contributed by atoms with van der Waals surface area (Å²) in [4.78, 5) is 0. The van der Waals surface area contributed by atoms with E-state index >= 15 is 0 Å². The highest BCUT2D eigenvalue weighted by molar-refractivity contribution is 8.01. The summed E-state index contributed by atoms with van der Waals surface area (Å²) in [5, 5.41) is 8.00. The first-order chi connectivity index (χ1) is 14.2. The molecule has 1 aromatic carbocycles. The van der Waals surface area contributed by atoms with Crippen molar-refractivity contribution in [1.82, 2.24) is 10.2 Å². The molecular weight excluding hydrogens is 416 g/mol. The molecule has 0 radical (unpaired) electrons. The molecule has 3 nitrogen and oxygen atoms in total. The Morgan fingerprint density at radius 2 is 1.55 bits per heavy atom. The third-order valence-electron chi connectivity index (χ3n) is 5.24. The van der Waals surface area contributed by atoms with Crippen LogP contribution in [0.5, 0.6) is 5.75 Å². The van der Waals surface area contributed by atoms with E-state index in [1.54, 1.807) is 23.1 Å². The van der Waals surface area contributed by atoms with Gasteiger partial charge in [0.2, 0.25) is 0 Å². The van der Waals surface area contributed by atoms with Gasteiger partial charge in [-0.1, -0.05) is 94.0 Å². The van der Waals surface area contributed by atoms with Gasteiger partial charge in [0, 0.05) is 5.75 Å². The summed E-state index contributed by atoms with van der Waals surface area (Å²) in [6, 6.07) is 8.64. The van der Waals surface area contributed by atoms with Crippen LogP contribution < -0.4 is 4.74 Å². The van der Waals surface area contributed by atoms with Crippen molar-refractivity contribution >= 4 is 35.7 Å². The molecule has 2 rings (SSSR count). The number of thiol groups is 1. The predicted molar refractivity (Wildman–Crippen MR) is 130 cm³/mol. The first kappa shape index (κ1) is 24.5. The monoisotopic (exact) mass is 452 g/mol. The molecule has 2 aromatic rings. The Hall–Kier alpha value is -0.720. The van der Waals surface area contributed by atoms with Gasteiger partial charge in [0.15, 0.2) is 8.68 Å². The second-order valence-corrected chi connectivity index (χ2v) is 10.7. The fraction of sp³-hybridized carbons (Fsp3) is 0.652. The minimum absolute atomic E-state index is 0.630. The topological polar surface area (TPSA) is 35.0 Å². The summed E-state index contributed by atoms with van der Waals surface area (Å²) in [6.07, 6.45) is 13.0. The molecule has 1 heterocycles. The molecule has 0 aliphatic carbocycles. The number of hydrogen-bond acceptors (Lipinski definition) is 6. The molecule has 0 amide bonds. The van der Waals surface area contributed by atoms with Gasteiger partial charge in [-0.2, -0.15) is 0 Å². The summed E-state index contributed by atoms with van der Waals surface area (Å²) in [6.45, 7) is 5.34. The quantitative estimate of drug-likeness (QED) is 0.159. The average Bonchev–Trinajstić information content (AvgIpc) is 3.16. The van der Waals surface area contributed by atoms with E-state index in [-0.39, 0.29) is 0 Å². The van der Waals surface area contributed by atoms with Gasteiger partial charge in [0.25, 0.3) is 0 Å².